The predicted molar refractivity (Wildman–Crippen MR) is 122 cm³/mol. The van der Waals surface area contributed by atoms with Crippen molar-refractivity contribution < 1.29 is 27.7 Å². The standard InChI is InChI=1S/C20H24F2N4O4.HI/c1-3-6-27-18-5-4-13(9-24-18)10-25-20(23-2)26-11-14-7-16-17(29-12-28-16)8-15(14)30-19(21)22;/h4-5,7-9,19H,3,6,10-12H2,1-2H3,(H2,23,25,26);1H. The lowest BCUT2D eigenvalue weighted by Gasteiger charge is -2.15. The number of benzene rings is 1. The fourth-order valence-corrected chi connectivity index (χ4v) is 2.70. The van der Waals surface area contributed by atoms with E-state index < -0.39 is 6.61 Å². The molecule has 0 saturated heterocycles. The lowest BCUT2D eigenvalue weighted by atomic mass is 10.1. The fourth-order valence-electron chi connectivity index (χ4n) is 2.70. The van der Waals surface area contributed by atoms with Crippen molar-refractivity contribution in [1.82, 2.24) is 15.6 Å². The summed E-state index contributed by atoms with van der Waals surface area (Å²) in [5.74, 6) is 1.94. The van der Waals surface area contributed by atoms with Crippen molar-refractivity contribution in [2.45, 2.75) is 33.0 Å². The van der Waals surface area contributed by atoms with Crippen LogP contribution in [0.3, 0.4) is 0 Å². The average molecular weight is 550 g/mol. The smallest absolute Gasteiger partial charge is 0.387 e. The number of fused-ring (bicyclic) bond motifs is 1. The molecule has 3 rings (SSSR count). The number of alkyl halides is 2. The molecule has 0 fully saturated rings. The number of guanidine groups is 1. The van der Waals surface area contributed by atoms with Gasteiger partial charge in [-0.05, 0) is 18.1 Å². The average Bonchev–Trinajstić information content (AvgIpc) is 3.20. The second kappa shape index (κ2) is 12.3. The third-order valence-electron chi connectivity index (χ3n) is 4.15. The van der Waals surface area contributed by atoms with Crippen molar-refractivity contribution in [2.24, 2.45) is 4.99 Å². The van der Waals surface area contributed by atoms with Crippen molar-refractivity contribution in [2.75, 3.05) is 20.4 Å². The van der Waals surface area contributed by atoms with Crippen LogP contribution >= 0.6 is 24.0 Å². The second-order valence-electron chi connectivity index (χ2n) is 6.32. The molecule has 0 saturated carbocycles. The van der Waals surface area contributed by atoms with E-state index in [1.807, 2.05) is 19.1 Å². The third-order valence-corrected chi connectivity index (χ3v) is 4.15. The molecule has 0 aliphatic carbocycles. The van der Waals surface area contributed by atoms with Crippen LogP contribution in [-0.2, 0) is 13.1 Å². The number of aromatic nitrogens is 1. The summed E-state index contributed by atoms with van der Waals surface area (Å²) in [7, 11) is 1.62. The van der Waals surface area contributed by atoms with Crippen molar-refractivity contribution in [3.63, 3.8) is 0 Å². The molecule has 0 bridgehead atoms. The maximum atomic E-state index is 12.8. The third kappa shape index (κ3) is 7.26. The van der Waals surface area contributed by atoms with Crippen molar-refractivity contribution >= 4 is 29.9 Å². The van der Waals surface area contributed by atoms with Crippen molar-refractivity contribution in [3.8, 4) is 23.1 Å². The maximum Gasteiger partial charge on any atom is 0.387 e. The highest BCUT2D eigenvalue weighted by Crippen LogP contribution is 2.38. The van der Waals surface area contributed by atoms with Gasteiger partial charge in [0.05, 0.1) is 6.61 Å². The lowest BCUT2D eigenvalue weighted by molar-refractivity contribution is -0.0505. The number of halogens is 3. The first kappa shape index (κ1) is 24.7. The van der Waals surface area contributed by atoms with Gasteiger partial charge < -0.3 is 29.6 Å². The van der Waals surface area contributed by atoms with Gasteiger partial charge in [-0.25, -0.2) is 4.98 Å². The molecular formula is C20H25F2IN4O4. The molecule has 31 heavy (non-hydrogen) atoms. The number of pyridine rings is 1. The Hall–Kier alpha value is -2.57. The zero-order valence-electron chi connectivity index (χ0n) is 17.2. The minimum Gasteiger partial charge on any atom is -0.478 e. The summed E-state index contributed by atoms with van der Waals surface area (Å²) < 4.78 is 46.1. The molecule has 8 nitrogen and oxygen atoms in total. The van der Waals surface area contributed by atoms with Gasteiger partial charge in [0.1, 0.15) is 5.75 Å². The molecule has 0 spiro atoms. The molecule has 2 aromatic rings. The van der Waals surface area contributed by atoms with Gasteiger partial charge in [0.25, 0.3) is 0 Å². The summed E-state index contributed by atoms with van der Waals surface area (Å²) in [6.07, 6.45) is 2.64. The minimum atomic E-state index is -2.95. The quantitative estimate of drug-likeness (QED) is 0.280. The highest BCUT2D eigenvalue weighted by molar-refractivity contribution is 14.0. The molecule has 0 amide bonds. The van der Waals surface area contributed by atoms with E-state index in [9.17, 15) is 8.78 Å². The molecule has 1 aliphatic rings. The zero-order valence-corrected chi connectivity index (χ0v) is 19.5. The molecule has 11 heteroatoms. The number of ether oxygens (including phenoxy) is 4. The van der Waals surface area contributed by atoms with Crippen LogP contribution in [0.5, 0.6) is 23.1 Å². The van der Waals surface area contributed by atoms with E-state index in [4.69, 9.17) is 14.2 Å². The van der Waals surface area contributed by atoms with Crippen molar-refractivity contribution in [3.05, 3.63) is 41.6 Å². The first-order chi connectivity index (χ1) is 14.6. The van der Waals surface area contributed by atoms with Gasteiger partial charge in [-0.1, -0.05) is 13.0 Å². The number of aliphatic imine (C=N–C) groups is 1. The zero-order chi connectivity index (χ0) is 21.3. The highest BCUT2D eigenvalue weighted by Gasteiger charge is 2.20. The Labute approximate surface area is 196 Å². The fraction of sp³-hybridized carbons (Fsp3) is 0.400. The summed E-state index contributed by atoms with van der Waals surface area (Å²) in [5, 5.41) is 6.22. The molecule has 0 atom stereocenters. The van der Waals surface area contributed by atoms with Gasteiger partial charge in [0, 0.05) is 44.0 Å². The van der Waals surface area contributed by atoms with Crippen LogP contribution in [0.1, 0.15) is 24.5 Å². The number of hydrogen-bond acceptors (Lipinski definition) is 6. The van der Waals surface area contributed by atoms with Crippen LogP contribution in [0.4, 0.5) is 8.78 Å². The molecule has 2 heterocycles. The maximum absolute atomic E-state index is 12.8. The van der Waals surface area contributed by atoms with E-state index in [0.29, 0.717) is 42.1 Å². The van der Waals surface area contributed by atoms with E-state index in [1.54, 1.807) is 19.3 Å². The molecule has 0 radical (unpaired) electrons. The molecule has 170 valence electrons. The SMILES string of the molecule is CCCOc1ccc(CNC(=NC)NCc2cc3c(cc2OC(F)F)OCO3)cn1.I. The summed E-state index contributed by atoms with van der Waals surface area (Å²) in [6.45, 7) is 0.419. The van der Waals surface area contributed by atoms with E-state index in [-0.39, 0.29) is 43.1 Å². The number of nitrogens with zero attached hydrogens (tertiary/aromatic N) is 2. The van der Waals surface area contributed by atoms with Gasteiger partial charge in [-0.2, -0.15) is 8.78 Å². The van der Waals surface area contributed by atoms with Crippen LogP contribution in [0.2, 0.25) is 0 Å². The van der Waals surface area contributed by atoms with E-state index in [2.05, 4.69) is 25.3 Å². The van der Waals surface area contributed by atoms with Crippen LogP contribution in [0.15, 0.2) is 35.5 Å². The summed E-state index contributed by atoms with van der Waals surface area (Å²) in [4.78, 5) is 8.39. The number of hydrogen-bond donors (Lipinski definition) is 2. The normalized spacial score (nSPS) is 12.4. The van der Waals surface area contributed by atoms with Gasteiger partial charge >= 0.3 is 6.61 Å². The summed E-state index contributed by atoms with van der Waals surface area (Å²) in [6, 6.07) is 6.73. The molecule has 0 unspecified atom stereocenters. The molecule has 1 aromatic heterocycles. The van der Waals surface area contributed by atoms with Crippen LogP contribution < -0.4 is 29.6 Å². The van der Waals surface area contributed by atoms with Crippen LogP contribution in [0, 0.1) is 0 Å². The lowest BCUT2D eigenvalue weighted by Crippen LogP contribution is -2.36. The Morgan fingerprint density at radius 1 is 1.19 bits per heavy atom. The van der Waals surface area contributed by atoms with Gasteiger partial charge in [-0.3, -0.25) is 4.99 Å². The Kier molecular flexibility index (Phi) is 9.82. The minimum absolute atomic E-state index is 0. The molecular weight excluding hydrogens is 525 g/mol. The largest absolute Gasteiger partial charge is 0.478 e. The van der Waals surface area contributed by atoms with Gasteiger partial charge in [-0.15, -0.1) is 24.0 Å². The topological polar surface area (TPSA) is 86.2 Å². The monoisotopic (exact) mass is 550 g/mol. The summed E-state index contributed by atoms with van der Waals surface area (Å²) >= 11 is 0. The summed E-state index contributed by atoms with van der Waals surface area (Å²) in [5.41, 5.74) is 1.42. The Bertz CT molecular complexity index is 869. The second-order valence-corrected chi connectivity index (χ2v) is 6.32. The Morgan fingerprint density at radius 3 is 2.58 bits per heavy atom. The molecule has 1 aromatic carbocycles. The van der Waals surface area contributed by atoms with Crippen molar-refractivity contribution in [1.29, 1.82) is 0 Å². The van der Waals surface area contributed by atoms with Gasteiger partial charge in [0.2, 0.25) is 12.7 Å². The van der Waals surface area contributed by atoms with Crippen LogP contribution in [0.25, 0.3) is 0 Å². The van der Waals surface area contributed by atoms with E-state index in [0.717, 1.165) is 12.0 Å². The van der Waals surface area contributed by atoms with Crippen LogP contribution in [-0.4, -0.2) is 38.0 Å². The number of rotatable bonds is 9. The van der Waals surface area contributed by atoms with E-state index >= 15 is 0 Å². The first-order valence-corrected chi connectivity index (χ1v) is 9.48. The first-order valence-electron chi connectivity index (χ1n) is 9.48. The predicted octanol–water partition coefficient (Wildman–Crippen LogP) is 3.68. The molecule has 2 N–H and O–H groups in total. The number of nitrogens with one attached hydrogen (secondary N) is 2. The Balaban J connectivity index is 0.00000341. The molecule has 1 aliphatic heterocycles. The van der Waals surface area contributed by atoms with Gasteiger partial charge in [0.15, 0.2) is 17.5 Å². The highest BCUT2D eigenvalue weighted by atomic mass is 127. The van der Waals surface area contributed by atoms with E-state index in [1.165, 1.54) is 6.07 Å². The Morgan fingerprint density at radius 2 is 1.94 bits per heavy atom.